The summed E-state index contributed by atoms with van der Waals surface area (Å²) in [6.45, 7) is 12.7. The van der Waals surface area contributed by atoms with Crippen LogP contribution in [0.2, 0.25) is 0 Å². The van der Waals surface area contributed by atoms with Gasteiger partial charge in [0.15, 0.2) is 0 Å². The van der Waals surface area contributed by atoms with Gasteiger partial charge >= 0.3 is 0 Å². The first-order chi connectivity index (χ1) is 39.1. The van der Waals surface area contributed by atoms with E-state index < -0.39 is 43.7 Å². The molecule has 0 bridgehead atoms. The molecule has 9 aromatic rings. The molecule has 7 aromatic carbocycles. The fourth-order valence-electron chi connectivity index (χ4n) is 9.52. The van der Waals surface area contributed by atoms with Gasteiger partial charge in [-0.05, 0) is 114 Å². The molecule has 382 valence electrons. The van der Waals surface area contributed by atoms with Crippen LogP contribution in [0.25, 0.3) is 83.9 Å². The molecule has 0 atom stereocenters. The maximum absolute atomic E-state index is 12.8. The van der Waals surface area contributed by atoms with Gasteiger partial charge in [0.1, 0.15) is 11.6 Å². The molecule has 0 saturated carbocycles. The third kappa shape index (κ3) is 10.8. The van der Waals surface area contributed by atoms with E-state index in [1.165, 1.54) is 24.3 Å². The average Bonchev–Trinajstić information content (AvgIpc) is 1.03. The van der Waals surface area contributed by atoms with E-state index in [0.29, 0.717) is 67.2 Å². The van der Waals surface area contributed by atoms with E-state index in [1.807, 2.05) is 77.4 Å². The zero-order chi connectivity index (χ0) is 62.6. The van der Waals surface area contributed by atoms with Gasteiger partial charge in [0.25, 0.3) is 0 Å². The number of pyridine rings is 1. The summed E-state index contributed by atoms with van der Waals surface area (Å²) in [5, 5.41) is 12.8. The molecule has 9 rings (SSSR count). The number of benzene rings is 7. The number of imidazole rings is 1. The Hall–Kier alpha value is -6.35. The number of aromatic nitrogens is 3. The smallest absolute Gasteiger partial charge is 0.148 e. The molecule has 0 radical (unpaired) electrons. The molecule has 2 aromatic heterocycles. The number of phenols is 1. The maximum Gasteiger partial charge on any atom is 0.148 e. The summed E-state index contributed by atoms with van der Waals surface area (Å²) in [4.78, 5) is 10.5. The summed E-state index contributed by atoms with van der Waals surface area (Å²) in [7, 11) is 0. The van der Waals surface area contributed by atoms with Gasteiger partial charge in [-0.3, -0.25) is 9.55 Å². The predicted molar refractivity (Wildman–Crippen MR) is 310 cm³/mol. The van der Waals surface area contributed by atoms with Gasteiger partial charge in [0.05, 0.1) is 22.3 Å². The molecule has 1 N–H and O–H groups in total. The summed E-state index contributed by atoms with van der Waals surface area (Å²) in [5.74, 6) is 0.455. The van der Waals surface area contributed by atoms with Crippen LogP contribution in [0.5, 0.6) is 5.75 Å². The number of phenolic OH excluding ortho intramolecular Hbond substituents is 1. The first-order valence-electron chi connectivity index (χ1n) is 31.0. The van der Waals surface area contributed by atoms with Crippen LogP contribution in [-0.4, -0.2) is 19.6 Å². The minimum Gasteiger partial charge on any atom is -0.507 e. The Balaban J connectivity index is 0.00000961. The van der Waals surface area contributed by atoms with Crippen LogP contribution in [0.1, 0.15) is 153 Å². The number of rotatable bonds is 7. The fraction of sp³-hybridized carbons (Fsp3) is 0.304. The fourth-order valence-corrected chi connectivity index (χ4v) is 9.52. The number of fused-ring (bicyclic) bond motifs is 1. The van der Waals surface area contributed by atoms with Crippen LogP contribution in [-0.2, 0) is 48.1 Å². The van der Waals surface area contributed by atoms with Gasteiger partial charge in [-0.15, -0.1) is 29.3 Å². The van der Waals surface area contributed by atoms with Gasteiger partial charge in [-0.2, -0.15) is 0 Å². The molecule has 0 aliphatic heterocycles. The quantitative estimate of drug-likeness (QED) is 0.162. The Morgan fingerprint density at radius 1 is 0.486 bits per heavy atom. The second-order valence-electron chi connectivity index (χ2n) is 23.7. The van der Waals surface area contributed by atoms with Crippen molar-refractivity contribution in [1.29, 1.82) is 0 Å². The Bertz CT molecular complexity index is 3940. The minimum absolute atomic E-state index is 0. The van der Waals surface area contributed by atoms with Gasteiger partial charge < -0.3 is 5.11 Å². The van der Waals surface area contributed by atoms with E-state index >= 15 is 0 Å². The van der Waals surface area contributed by atoms with E-state index in [1.54, 1.807) is 18.3 Å². The summed E-state index contributed by atoms with van der Waals surface area (Å²) >= 11 is 0. The van der Waals surface area contributed by atoms with Gasteiger partial charge in [-0.1, -0.05) is 218 Å². The molecule has 5 heteroatoms. The monoisotopic (exact) mass is 1170 g/mol. The second-order valence-corrected chi connectivity index (χ2v) is 23.7. The van der Waals surface area contributed by atoms with E-state index in [4.69, 9.17) is 26.4 Å². The Morgan fingerprint density at radius 2 is 1.08 bits per heavy atom. The van der Waals surface area contributed by atoms with E-state index in [-0.39, 0.29) is 48.8 Å². The van der Waals surface area contributed by atoms with Crippen molar-refractivity contribution in [3.63, 3.8) is 0 Å². The molecule has 4 nitrogen and oxygen atoms in total. The molecule has 0 fully saturated rings. The topological polar surface area (TPSA) is 50.9 Å². The SMILES string of the molecule is [2H]C([2H])([2H])c1cc(-n2c(-c3cc(C(C)(C)C)cc(C(C)(C)C)c3O)nc3c(-c4[c-]c(-c5cc(-c6ccc(C(C([2H])([2H])[2H])(C([2H])([2H])[2H])C([2H])([2H])[2H])cc6)ccn5)cc(C(C)(C)C)c4)cccc32)c(-c2ccc(C(C)(C)C)cc2)cc1-c1ccccc1.[Pt]. The number of para-hydroxylation sites is 1. The van der Waals surface area contributed by atoms with Crippen molar-refractivity contribution in [2.24, 2.45) is 0 Å². The number of aryl methyl sites for hydroxylation is 1. The van der Waals surface area contributed by atoms with Crippen LogP contribution in [0.4, 0.5) is 0 Å². The second kappa shape index (κ2) is 19.7. The van der Waals surface area contributed by atoms with Crippen LogP contribution in [0, 0.1) is 12.9 Å². The van der Waals surface area contributed by atoms with Gasteiger partial charge in [0, 0.05) is 60.5 Å². The van der Waals surface area contributed by atoms with Crippen LogP contribution < -0.4 is 0 Å². The Kier molecular flexibility index (Phi) is 10.7. The molecule has 0 amide bonds. The van der Waals surface area contributed by atoms with Crippen molar-refractivity contribution in [3.05, 3.63) is 191 Å². The maximum atomic E-state index is 12.8. The van der Waals surface area contributed by atoms with Gasteiger partial charge in [-0.25, -0.2) is 4.98 Å². The number of hydrogen-bond acceptors (Lipinski definition) is 3. The van der Waals surface area contributed by atoms with Crippen LogP contribution >= 0.6 is 0 Å². The Morgan fingerprint density at radius 3 is 1.69 bits per heavy atom. The molecule has 0 unspecified atom stereocenters. The molecule has 74 heavy (non-hydrogen) atoms. The minimum atomic E-state index is -3.40. The van der Waals surface area contributed by atoms with Crippen molar-refractivity contribution in [2.75, 3.05) is 0 Å². The van der Waals surface area contributed by atoms with Crippen LogP contribution in [0.15, 0.2) is 152 Å². The number of aromatic hydroxyl groups is 1. The molecular formula is C69H74N3OPt-. The summed E-state index contributed by atoms with van der Waals surface area (Å²) in [6, 6.07) is 48.7. The number of nitrogens with zero attached hydrogens (tertiary/aromatic N) is 3. The third-order valence-electron chi connectivity index (χ3n) is 13.9. The first-order valence-corrected chi connectivity index (χ1v) is 25.0. The standard InChI is InChI=1S/C69H74N3O.Pt/c1-43-35-61(56(42-55(43)45-21-18-17-19-22-45)46-27-31-51(32-28-46)66(5,6)7)72-60-24-20-23-54(62(60)71-64(72)57-40-53(68(11,12)13)41-58(63(57)73)69(14,15)16)48-36-49(38-52(37-48)67(8,9)10)59-39-47(33-34-70-59)44-25-29-50(30-26-44)65(2,3)4;/h17-35,37-42,73H,1-16H3;/q-1;/i1D3,2D3,3D3,4D3;. The molecule has 0 saturated heterocycles. The van der Waals surface area contributed by atoms with Crippen molar-refractivity contribution < 1.29 is 42.6 Å². The van der Waals surface area contributed by atoms with Crippen molar-refractivity contribution in [1.82, 2.24) is 14.5 Å². The van der Waals surface area contributed by atoms with Crippen molar-refractivity contribution in [3.8, 4) is 78.6 Å². The molecule has 0 aliphatic rings. The van der Waals surface area contributed by atoms with E-state index in [0.717, 1.165) is 38.9 Å². The molecule has 0 spiro atoms. The summed E-state index contributed by atoms with van der Waals surface area (Å²) < 4.78 is 104. The summed E-state index contributed by atoms with van der Waals surface area (Å²) in [6.07, 6.45) is 1.64. The Labute approximate surface area is 473 Å². The zero-order valence-electron chi connectivity index (χ0n) is 56.5. The first kappa shape index (κ1) is 40.0. The van der Waals surface area contributed by atoms with Gasteiger partial charge in [0.2, 0.25) is 0 Å². The number of hydrogen-bond donors (Lipinski definition) is 1. The third-order valence-corrected chi connectivity index (χ3v) is 13.9. The molecule has 2 heterocycles. The predicted octanol–water partition coefficient (Wildman–Crippen LogP) is 18.7. The van der Waals surface area contributed by atoms with Crippen molar-refractivity contribution in [2.45, 2.75) is 138 Å². The zero-order valence-corrected chi connectivity index (χ0v) is 46.8. The van der Waals surface area contributed by atoms with Crippen LogP contribution in [0.3, 0.4) is 0 Å². The largest absolute Gasteiger partial charge is 0.507 e. The van der Waals surface area contributed by atoms with E-state index in [9.17, 15) is 5.11 Å². The van der Waals surface area contributed by atoms with Crippen molar-refractivity contribution >= 4 is 11.0 Å². The normalized spacial score (nSPS) is 15.6. The molecule has 0 aliphatic carbocycles. The summed E-state index contributed by atoms with van der Waals surface area (Å²) in [5.41, 5.74) is 7.89. The van der Waals surface area contributed by atoms with E-state index in [2.05, 4.69) is 126 Å². The average molecular weight is 1170 g/mol. The molecular weight excluding hydrogens is 1080 g/mol.